The Balaban J connectivity index is 0.000000595. The molecule has 1 heterocycles. The minimum Gasteiger partial charge on any atom is -0.378 e. The lowest BCUT2D eigenvalue weighted by Gasteiger charge is -2.39. The maximum atomic E-state index is 8.81. The number of rotatable bonds is 2. The van der Waals surface area contributed by atoms with Crippen LogP contribution in [0.25, 0.3) is 0 Å². The molecule has 1 aliphatic rings. The van der Waals surface area contributed by atoms with Crippen LogP contribution in [0.2, 0.25) is 0 Å². The van der Waals surface area contributed by atoms with Gasteiger partial charge in [0, 0.05) is 24.5 Å². The van der Waals surface area contributed by atoms with Gasteiger partial charge in [0.1, 0.15) is 6.29 Å². The average Bonchev–Trinajstić information content (AvgIpc) is 2.55. The van der Waals surface area contributed by atoms with Crippen molar-refractivity contribution in [1.82, 2.24) is 0 Å². The Morgan fingerprint density at radius 1 is 1.13 bits per heavy atom. The monoisotopic (exact) mass is 310 g/mol. The largest absolute Gasteiger partial charge is 0.378 e. The van der Waals surface area contributed by atoms with Gasteiger partial charge in [-0.2, -0.15) is 0 Å². The number of carbonyl (C=O) groups excluding carboxylic acids is 1. The van der Waals surface area contributed by atoms with E-state index in [-0.39, 0.29) is 0 Å². The number of para-hydroxylation sites is 1. The first-order chi connectivity index (χ1) is 11.1. The molecule has 2 aromatic carbocycles. The molecule has 3 rings (SSSR count). The summed E-state index contributed by atoms with van der Waals surface area (Å²) in [5.41, 5.74) is 5.24. The van der Waals surface area contributed by atoms with E-state index in [1.165, 1.54) is 29.4 Å². The van der Waals surface area contributed by atoms with Crippen molar-refractivity contribution < 1.29 is 4.79 Å². The summed E-state index contributed by atoms with van der Waals surface area (Å²) in [6, 6.07) is 18.3. The summed E-state index contributed by atoms with van der Waals surface area (Å²) in [6.45, 7) is 5.86. The average molecular weight is 310 g/mol. The van der Waals surface area contributed by atoms with Gasteiger partial charge in [0.25, 0.3) is 0 Å². The SMILES string of the molecule is CC=O.Cc1ccc(NC2CC(C)N(C)c3ccccc32)cc1. The van der Waals surface area contributed by atoms with Crippen LogP contribution in [0.1, 0.15) is 37.4 Å². The fourth-order valence-electron chi connectivity index (χ4n) is 2.95. The Labute approximate surface area is 139 Å². The molecule has 1 N–H and O–H groups in total. The lowest BCUT2D eigenvalue weighted by atomic mass is 9.92. The third kappa shape index (κ3) is 4.13. The molecule has 0 spiro atoms. The molecule has 0 radical (unpaired) electrons. The van der Waals surface area contributed by atoms with Gasteiger partial charge in [-0.15, -0.1) is 0 Å². The van der Waals surface area contributed by atoms with Crippen molar-refractivity contribution in [2.45, 2.75) is 39.3 Å². The molecule has 23 heavy (non-hydrogen) atoms. The summed E-state index contributed by atoms with van der Waals surface area (Å²) >= 11 is 0. The molecule has 2 unspecified atom stereocenters. The van der Waals surface area contributed by atoms with E-state index in [2.05, 4.69) is 79.6 Å². The molecule has 122 valence electrons. The van der Waals surface area contributed by atoms with Crippen LogP contribution in [0.4, 0.5) is 11.4 Å². The summed E-state index contributed by atoms with van der Waals surface area (Å²) in [5.74, 6) is 0. The van der Waals surface area contributed by atoms with Crippen LogP contribution in [0, 0.1) is 6.92 Å². The van der Waals surface area contributed by atoms with Crippen LogP contribution in [0.3, 0.4) is 0 Å². The zero-order chi connectivity index (χ0) is 16.8. The van der Waals surface area contributed by atoms with Crippen molar-refractivity contribution in [1.29, 1.82) is 0 Å². The van der Waals surface area contributed by atoms with Crippen molar-refractivity contribution in [2.75, 3.05) is 17.3 Å². The van der Waals surface area contributed by atoms with Gasteiger partial charge < -0.3 is 15.0 Å². The number of hydrogen-bond acceptors (Lipinski definition) is 3. The molecule has 0 aromatic heterocycles. The van der Waals surface area contributed by atoms with Crippen LogP contribution < -0.4 is 10.2 Å². The summed E-state index contributed by atoms with van der Waals surface area (Å²) < 4.78 is 0. The van der Waals surface area contributed by atoms with Crippen LogP contribution in [-0.2, 0) is 4.79 Å². The Hall–Kier alpha value is -2.29. The molecule has 0 saturated carbocycles. The molecule has 2 atom stereocenters. The Morgan fingerprint density at radius 3 is 2.39 bits per heavy atom. The highest BCUT2D eigenvalue weighted by Crippen LogP contribution is 2.37. The first-order valence-corrected chi connectivity index (χ1v) is 8.11. The van der Waals surface area contributed by atoms with Crippen molar-refractivity contribution in [2.24, 2.45) is 0 Å². The normalized spacial score (nSPS) is 19.2. The highest BCUT2D eigenvalue weighted by Gasteiger charge is 2.27. The van der Waals surface area contributed by atoms with Gasteiger partial charge >= 0.3 is 0 Å². The van der Waals surface area contributed by atoms with E-state index in [4.69, 9.17) is 4.79 Å². The molecule has 0 saturated heterocycles. The molecule has 0 amide bonds. The fourth-order valence-corrected chi connectivity index (χ4v) is 2.95. The van der Waals surface area contributed by atoms with Gasteiger partial charge in [0.15, 0.2) is 0 Å². The van der Waals surface area contributed by atoms with Crippen molar-refractivity contribution in [3.63, 3.8) is 0 Å². The van der Waals surface area contributed by atoms with Crippen molar-refractivity contribution in [3.05, 3.63) is 59.7 Å². The third-order valence-electron chi connectivity index (χ3n) is 4.32. The van der Waals surface area contributed by atoms with Crippen LogP contribution in [0.5, 0.6) is 0 Å². The molecule has 3 heteroatoms. The summed E-state index contributed by atoms with van der Waals surface area (Å²) in [7, 11) is 2.19. The molecule has 0 fully saturated rings. The number of fused-ring (bicyclic) bond motifs is 1. The van der Waals surface area contributed by atoms with Gasteiger partial charge in [-0.3, -0.25) is 0 Å². The predicted octanol–water partition coefficient (Wildman–Crippen LogP) is 4.58. The second kappa shape index (κ2) is 7.82. The quantitative estimate of drug-likeness (QED) is 0.824. The molecule has 0 aliphatic carbocycles. The topological polar surface area (TPSA) is 32.3 Å². The summed E-state index contributed by atoms with van der Waals surface area (Å²) in [6.07, 6.45) is 1.88. The van der Waals surface area contributed by atoms with Gasteiger partial charge in [0.05, 0.1) is 6.04 Å². The van der Waals surface area contributed by atoms with Gasteiger partial charge in [-0.05, 0) is 51.0 Å². The Bertz CT molecular complexity index is 636. The lowest BCUT2D eigenvalue weighted by molar-refractivity contribution is -0.106. The number of carbonyl (C=O) groups is 1. The molecule has 1 aliphatic heterocycles. The first kappa shape index (κ1) is 17.1. The number of nitrogens with one attached hydrogen (secondary N) is 1. The number of aldehydes is 1. The minimum atomic E-state index is 0.389. The second-order valence-corrected chi connectivity index (χ2v) is 6.05. The maximum Gasteiger partial charge on any atom is 0.116 e. The zero-order valence-corrected chi connectivity index (χ0v) is 14.4. The number of benzene rings is 2. The van der Waals surface area contributed by atoms with E-state index in [1.807, 2.05) is 0 Å². The maximum absolute atomic E-state index is 8.81. The molecular weight excluding hydrogens is 284 g/mol. The molecule has 2 aromatic rings. The number of nitrogens with zero attached hydrogens (tertiary/aromatic N) is 1. The standard InChI is InChI=1S/C18H22N2.C2H4O/c1-13-8-10-15(11-9-13)19-17-12-14(2)20(3)18-7-5-4-6-16(17)18;1-2-3/h4-11,14,17,19H,12H2,1-3H3;2H,1H3. The summed E-state index contributed by atoms with van der Waals surface area (Å²) in [5, 5.41) is 3.69. The number of hydrogen-bond donors (Lipinski definition) is 1. The smallest absolute Gasteiger partial charge is 0.116 e. The Kier molecular flexibility index (Phi) is 5.80. The fraction of sp³-hybridized carbons (Fsp3) is 0.350. The second-order valence-electron chi connectivity index (χ2n) is 6.05. The van der Waals surface area contributed by atoms with E-state index < -0.39 is 0 Å². The van der Waals surface area contributed by atoms with Gasteiger partial charge in [0.2, 0.25) is 0 Å². The van der Waals surface area contributed by atoms with Gasteiger partial charge in [-0.25, -0.2) is 0 Å². The van der Waals surface area contributed by atoms with Crippen molar-refractivity contribution >= 4 is 17.7 Å². The van der Waals surface area contributed by atoms with Crippen LogP contribution in [-0.4, -0.2) is 19.4 Å². The zero-order valence-electron chi connectivity index (χ0n) is 14.4. The Morgan fingerprint density at radius 2 is 1.74 bits per heavy atom. The van der Waals surface area contributed by atoms with E-state index in [9.17, 15) is 0 Å². The highest BCUT2D eigenvalue weighted by molar-refractivity contribution is 5.60. The first-order valence-electron chi connectivity index (χ1n) is 8.11. The highest BCUT2D eigenvalue weighted by atomic mass is 16.1. The lowest BCUT2D eigenvalue weighted by Crippen LogP contribution is -2.37. The number of anilines is 2. The van der Waals surface area contributed by atoms with E-state index >= 15 is 0 Å². The van der Waals surface area contributed by atoms with Crippen LogP contribution >= 0.6 is 0 Å². The van der Waals surface area contributed by atoms with Gasteiger partial charge in [-0.1, -0.05) is 35.9 Å². The van der Waals surface area contributed by atoms with Crippen LogP contribution in [0.15, 0.2) is 48.5 Å². The summed E-state index contributed by atoms with van der Waals surface area (Å²) in [4.78, 5) is 11.2. The molecule has 3 nitrogen and oxygen atoms in total. The van der Waals surface area contributed by atoms with Crippen molar-refractivity contribution in [3.8, 4) is 0 Å². The minimum absolute atomic E-state index is 0.389. The number of aryl methyl sites for hydroxylation is 1. The van der Waals surface area contributed by atoms with E-state index in [0.29, 0.717) is 12.1 Å². The van der Waals surface area contributed by atoms with E-state index in [1.54, 1.807) is 0 Å². The molecular formula is C20H26N2O. The molecule has 0 bridgehead atoms. The predicted molar refractivity (Wildman–Crippen MR) is 98.2 cm³/mol. The third-order valence-corrected chi connectivity index (χ3v) is 4.32. The van der Waals surface area contributed by atoms with E-state index in [0.717, 1.165) is 12.7 Å².